The van der Waals surface area contributed by atoms with Crippen LogP contribution in [0.15, 0.2) is 47.3 Å². The lowest BCUT2D eigenvalue weighted by molar-refractivity contribution is -0.137. The zero-order chi connectivity index (χ0) is 27.0. The predicted octanol–water partition coefficient (Wildman–Crippen LogP) is 4.48. The van der Waals surface area contributed by atoms with Crippen molar-refractivity contribution in [3.63, 3.8) is 0 Å². The Hall–Kier alpha value is -3.69. The molecule has 3 heterocycles. The van der Waals surface area contributed by atoms with Gasteiger partial charge in [0.2, 0.25) is 5.56 Å². The minimum absolute atomic E-state index is 0. The molecule has 206 valence electrons. The molecule has 0 amide bonds. The molecule has 0 bridgehead atoms. The van der Waals surface area contributed by atoms with Crippen LogP contribution in [0.1, 0.15) is 59.2 Å². The number of carbonyl (C=O) groups is 1. The van der Waals surface area contributed by atoms with E-state index in [9.17, 15) is 14.7 Å². The summed E-state index contributed by atoms with van der Waals surface area (Å²) in [7, 11) is 1.85. The zero-order valence-corrected chi connectivity index (χ0v) is 23.4. The number of hydrogen-bond acceptors (Lipinski definition) is 6. The highest BCUT2D eigenvalue weighted by atomic mass is 35.5. The second kappa shape index (κ2) is 11.6. The molecule has 2 aromatic heterocycles. The highest BCUT2D eigenvalue weighted by molar-refractivity contribution is 5.85. The Kier molecular flexibility index (Phi) is 8.42. The van der Waals surface area contributed by atoms with E-state index in [2.05, 4.69) is 46.2 Å². The van der Waals surface area contributed by atoms with Crippen molar-refractivity contribution in [2.75, 3.05) is 6.54 Å². The fourth-order valence-electron chi connectivity index (χ4n) is 5.39. The van der Waals surface area contributed by atoms with Gasteiger partial charge >= 0.3 is 5.97 Å². The van der Waals surface area contributed by atoms with Crippen LogP contribution in [0.3, 0.4) is 0 Å². The summed E-state index contributed by atoms with van der Waals surface area (Å²) in [6, 6.07) is 13.4. The summed E-state index contributed by atoms with van der Waals surface area (Å²) in [6.07, 6.45) is 0.824. The van der Waals surface area contributed by atoms with E-state index in [4.69, 9.17) is 4.74 Å². The molecular weight excluding hydrogens is 518 g/mol. The molecule has 1 aliphatic rings. The van der Waals surface area contributed by atoms with Crippen molar-refractivity contribution in [2.24, 2.45) is 7.05 Å². The summed E-state index contributed by atoms with van der Waals surface area (Å²) < 4.78 is 7.91. The van der Waals surface area contributed by atoms with Crippen molar-refractivity contribution >= 4 is 29.4 Å². The van der Waals surface area contributed by atoms with Crippen molar-refractivity contribution in [3.8, 4) is 5.75 Å². The third-order valence-electron chi connectivity index (χ3n) is 7.55. The number of ether oxygens (including phenoxy) is 1. The predicted molar refractivity (Wildman–Crippen MR) is 152 cm³/mol. The van der Waals surface area contributed by atoms with Gasteiger partial charge in [0.1, 0.15) is 17.4 Å². The number of rotatable bonds is 7. The first-order valence-electron chi connectivity index (χ1n) is 12.9. The lowest BCUT2D eigenvalue weighted by Gasteiger charge is -2.25. The van der Waals surface area contributed by atoms with Crippen LogP contribution >= 0.6 is 12.4 Å². The summed E-state index contributed by atoms with van der Waals surface area (Å²) in [5.74, 6) is -0.459. The monoisotopic (exact) mass is 551 g/mol. The maximum Gasteiger partial charge on any atom is 0.304 e. The van der Waals surface area contributed by atoms with Gasteiger partial charge in [0.05, 0.1) is 17.6 Å². The number of hydrogen-bond donors (Lipinski definition) is 2. The number of carboxylic acids is 1. The number of pyridine rings is 1. The van der Waals surface area contributed by atoms with E-state index < -0.39 is 5.97 Å². The summed E-state index contributed by atoms with van der Waals surface area (Å²) >= 11 is 0. The largest absolute Gasteiger partial charge is 0.487 e. The van der Waals surface area contributed by atoms with E-state index in [-0.39, 0.29) is 36.4 Å². The minimum Gasteiger partial charge on any atom is -0.487 e. The Morgan fingerprint density at radius 3 is 2.74 bits per heavy atom. The first-order valence-corrected chi connectivity index (χ1v) is 12.9. The van der Waals surface area contributed by atoms with Crippen LogP contribution in [0.25, 0.3) is 11.0 Å². The van der Waals surface area contributed by atoms with Crippen LogP contribution in [0.2, 0.25) is 0 Å². The molecule has 2 aromatic carbocycles. The number of aromatic amines is 1. The smallest absolute Gasteiger partial charge is 0.304 e. The molecular formula is C29H34ClN5O4. The van der Waals surface area contributed by atoms with Crippen molar-refractivity contribution in [2.45, 2.75) is 58.7 Å². The van der Waals surface area contributed by atoms with Gasteiger partial charge in [-0.05, 0) is 60.2 Å². The van der Waals surface area contributed by atoms with Gasteiger partial charge in [-0.1, -0.05) is 36.4 Å². The lowest BCUT2D eigenvalue weighted by atomic mass is 9.84. The number of H-pyrrole nitrogens is 1. The van der Waals surface area contributed by atoms with Crippen LogP contribution in [0.5, 0.6) is 5.75 Å². The molecule has 1 aliphatic heterocycles. The van der Waals surface area contributed by atoms with Crippen molar-refractivity contribution in [3.05, 3.63) is 86.3 Å². The molecule has 2 N–H and O–H groups in total. The van der Waals surface area contributed by atoms with Crippen LogP contribution in [0, 0.1) is 13.8 Å². The second-order valence-corrected chi connectivity index (χ2v) is 10.2. The highest BCUT2D eigenvalue weighted by Crippen LogP contribution is 2.34. The number of halogens is 1. The summed E-state index contributed by atoms with van der Waals surface area (Å²) in [5, 5.41) is 18.3. The number of nitrogens with one attached hydrogen (secondary N) is 1. The Morgan fingerprint density at radius 2 is 2.00 bits per heavy atom. The van der Waals surface area contributed by atoms with Crippen LogP contribution in [-0.2, 0) is 24.9 Å². The molecule has 0 spiro atoms. The molecule has 9 nitrogen and oxygen atoms in total. The third-order valence-corrected chi connectivity index (χ3v) is 7.55. The van der Waals surface area contributed by atoms with Gasteiger partial charge in [0.15, 0.2) is 0 Å². The molecule has 2 atom stereocenters. The van der Waals surface area contributed by atoms with Crippen molar-refractivity contribution in [1.82, 2.24) is 24.9 Å². The van der Waals surface area contributed by atoms with Crippen molar-refractivity contribution < 1.29 is 14.6 Å². The quantitative estimate of drug-likeness (QED) is 0.348. The fourth-order valence-corrected chi connectivity index (χ4v) is 5.39. The molecule has 39 heavy (non-hydrogen) atoms. The number of carboxylic acid groups (broad SMARTS) is 1. The van der Waals surface area contributed by atoms with Gasteiger partial charge in [-0.3, -0.25) is 14.5 Å². The number of benzene rings is 2. The molecule has 0 saturated heterocycles. The summed E-state index contributed by atoms with van der Waals surface area (Å²) in [6.45, 7) is 8.08. The van der Waals surface area contributed by atoms with Crippen LogP contribution in [0.4, 0.5) is 0 Å². The van der Waals surface area contributed by atoms with E-state index in [1.54, 1.807) is 10.7 Å². The number of fused-ring (bicyclic) bond motifs is 2. The van der Waals surface area contributed by atoms with Crippen LogP contribution < -0.4 is 10.3 Å². The maximum absolute atomic E-state index is 12.0. The third kappa shape index (κ3) is 5.84. The Morgan fingerprint density at radius 1 is 1.21 bits per heavy atom. The normalized spacial score (nSPS) is 16.2. The van der Waals surface area contributed by atoms with Crippen molar-refractivity contribution in [1.29, 1.82) is 0 Å². The van der Waals surface area contributed by atoms with Gasteiger partial charge in [-0.15, -0.1) is 17.5 Å². The standard InChI is InChI=1S/C29H33N5O4.ClH/c1-5-21-15-34(16-24-26(38-21)10-11-27(35)30-24)14-20-12-19(7-6-17(20)2)23(13-28(36)37)22-8-9-25-29(18(22)3)31-32-33(25)4;/h6-12,21,23H,5,13-16H2,1-4H3,(H,30,35)(H,36,37);1H/t21-,23-;/m1./s1. The molecule has 10 heteroatoms. The van der Waals surface area contributed by atoms with Crippen LogP contribution in [-0.4, -0.2) is 48.6 Å². The number of aromatic nitrogens is 4. The molecule has 0 unspecified atom stereocenters. The molecule has 4 aromatic rings. The second-order valence-electron chi connectivity index (χ2n) is 10.2. The molecule has 5 rings (SSSR count). The average molecular weight is 552 g/mol. The zero-order valence-electron chi connectivity index (χ0n) is 22.6. The number of aryl methyl sites for hydroxylation is 3. The first-order chi connectivity index (χ1) is 18.2. The number of aliphatic carboxylic acids is 1. The fraction of sp³-hybridized carbons (Fsp3) is 0.379. The van der Waals surface area contributed by atoms with E-state index in [0.29, 0.717) is 13.1 Å². The molecule has 0 saturated carbocycles. The van der Waals surface area contributed by atoms with Gasteiger partial charge in [-0.25, -0.2) is 4.68 Å². The topological polar surface area (TPSA) is 113 Å². The Labute approximate surface area is 233 Å². The Bertz CT molecular complexity index is 1560. The van der Waals surface area contributed by atoms with Gasteiger partial charge in [0, 0.05) is 38.7 Å². The molecule has 0 radical (unpaired) electrons. The van der Waals surface area contributed by atoms with Gasteiger partial charge in [-0.2, -0.15) is 0 Å². The first kappa shape index (κ1) is 28.3. The minimum atomic E-state index is -0.855. The summed E-state index contributed by atoms with van der Waals surface area (Å²) in [5.41, 5.74) is 7.41. The Balaban J connectivity index is 0.00000353. The highest BCUT2D eigenvalue weighted by Gasteiger charge is 2.25. The average Bonchev–Trinajstić information content (AvgIpc) is 3.17. The lowest BCUT2D eigenvalue weighted by Crippen LogP contribution is -2.32. The van der Waals surface area contributed by atoms with E-state index in [0.717, 1.165) is 63.3 Å². The van der Waals surface area contributed by atoms with Gasteiger partial charge in [0.25, 0.3) is 0 Å². The van der Waals surface area contributed by atoms with E-state index in [1.807, 2.05) is 32.2 Å². The molecule has 0 fully saturated rings. The van der Waals surface area contributed by atoms with E-state index >= 15 is 0 Å². The SMILES string of the molecule is CC[C@@H]1CN(Cc2cc([C@@H](CC(=O)O)c3ccc4c(nnn4C)c3C)ccc2C)Cc2[nH]c(=O)ccc2O1.Cl. The molecule has 0 aliphatic carbocycles. The number of nitrogens with zero attached hydrogens (tertiary/aromatic N) is 4. The maximum atomic E-state index is 12.0. The van der Waals surface area contributed by atoms with Gasteiger partial charge < -0.3 is 14.8 Å². The summed E-state index contributed by atoms with van der Waals surface area (Å²) in [4.78, 5) is 29.2. The van der Waals surface area contributed by atoms with E-state index in [1.165, 1.54) is 6.07 Å².